The van der Waals surface area contributed by atoms with Gasteiger partial charge in [-0.15, -0.1) is 0 Å². The van der Waals surface area contributed by atoms with Crippen molar-refractivity contribution in [3.8, 4) is 0 Å². The van der Waals surface area contributed by atoms with Crippen LogP contribution >= 0.6 is 0 Å². The lowest BCUT2D eigenvalue weighted by Crippen LogP contribution is -2.50. The molecule has 0 bridgehead atoms. The molecule has 0 spiro atoms. The molecule has 120 valence electrons. The van der Waals surface area contributed by atoms with Crippen molar-refractivity contribution in [2.24, 2.45) is 11.3 Å². The highest BCUT2D eigenvalue weighted by molar-refractivity contribution is 5.80. The summed E-state index contributed by atoms with van der Waals surface area (Å²) in [6.45, 7) is 1.47. The summed E-state index contributed by atoms with van der Waals surface area (Å²) in [5.41, 5.74) is -0.820. The molecule has 0 aromatic carbocycles. The van der Waals surface area contributed by atoms with E-state index in [2.05, 4.69) is 0 Å². The fourth-order valence-corrected chi connectivity index (χ4v) is 3.72. The Kier molecular flexibility index (Phi) is 5.62. The quantitative estimate of drug-likeness (QED) is 0.817. The van der Waals surface area contributed by atoms with Crippen molar-refractivity contribution in [1.29, 1.82) is 0 Å². The SMILES string of the molecule is COCC[C@]1(C(=O)O)CCCN(C(=O)CC2CCCC2)C1. The van der Waals surface area contributed by atoms with Gasteiger partial charge in [0.15, 0.2) is 0 Å². The first-order chi connectivity index (χ1) is 10.1. The fourth-order valence-electron chi connectivity index (χ4n) is 3.72. The third-order valence-corrected chi connectivity index (χ3v) is 5.11. The molecule has 1 saturated heterocycles. The van der Waals surface area contributed by atoms with E-state index < -0.39 is 11.4 Å². The lowest BCUT2D eigenvalue weighted by Gasteiger charge is -2.40. The highest BCUT2D eigenvalue weighted by Crippen LogP contribution is 2.35. The van der Waals surface area contributed by atoms with E-state index in [1.165, 1.54) is 12.8 Å². The van der Waals surface area contributed by atoms with Gasteiger partial charge in [-0.1, -0.05) is 12.8 Å². The standard InChI is InChI=1S/C16H27NO4/c1-21-10-8-16(15(19)20)7-4-9-17(12-16)14(18)11-13-5-2-3-6-13/h13H,2-12H2,1H3,(H,19,20)/t16-/m1/s1. The number of hydrogen-bond donors (Lipinski definition) is 1. The van der Waals surface area contributed by atoms with E-state index in [-0.39, 0.29) is 5.91 Å². The van der Waals surface area contributed by atoms with Gasteiger partial charge in [0.2, 0.25) is 5.91 Å². The molecule has 0 aromatic heterocycles. The number of carbonyl (C=O) groups is 2. The van der Waals surface area contributed by atoms with Gasteiger partial charge in [0.05, 0.1) is 5.41 Å². The molecule has 0 radical (unpaired) electrons. The van der Waals surface area contributed by atoms with Crippen LogP contribution in [0.4, 0.5) is 0 Å². The van der Waals surface area contributed by atoms with Crippen molar-refractivity contribution in [3.63, 3.8) is 0 Å². The van der Waals surface area contributed by atoms with Gasteiger partial charge in [0, 0.05) is 33.2 Å². The molecule has 1 saturated carbocycles. The van der Waals surface area contributed by atoms with E-state index in [1.54, 1.807) is 12.0 Å². The van der Waals surface area contributed by atoms with Gasteiger partial charge in [-0.3, -0.25) is 9.59 Å². The molecule has 1 amide bonds. The predicted octanol–water partition coefficient (Wildman–Crippen LogP) is 2.30. The molecular weight excluding hydrogens is 270 g/mol. The number of carboxylic acid groups (broad SMARTS) is 1. The van der Waals surface area contributed by atoms with Crippen LogP contribution < -0.4 is 0 Å². The summed E-state index contributed by atoms with van der Waals surface area (Å²) in [5, 5.41) is 9.61. The number of carbonyl (C=O) groups excluding carboxylic acids is 1. The van der Waals surface area contributed by atoms with Crippen molar-refractivity contribution in [2.45, 2.75) is 51.4 Å². The molecular formula is C16H27NO4. The van der Waals surface area contributed by atoms with Crippen molar-refractivity contribution in [2.75, 3.05) is 26.8 Å². The summed E-state index contributed by atoms with van der Waals surface area (Å²) in [5.74, 6) is -0.139. The first-order valence-corrected chi connectivity index (χ1v) is 8.07. The molecule has 1 aliphatic carbocycles. The van der Waals surface area contributed by atoms with E-state index in [1.807, 2.05) is 0 Å². The number of methoxy groups -OCH3 is 1. The zero-order chi connectivity index (χ0) is 15.3. The summed E-state index contributed by atoms with van der Waals surface area (Å²) < 4.78 is 5.06. The second-order valence-electron chi connectivity index (χ2n) is 6.60. The van der Waals surface area contributed by atoms with Crippen molar-refractivity contribution in [1.82, 2.24) is 4.90 Å². The lowest BCUT2D eigenvalue weighted by atomic mass is 9.77. The van der Waals surface area contributed by atoms with Crippen molar-refractivity contribution < 1.29 is 19.4 Å². The van der Waals surface area contributed by atoms with Gasteiger partial charge in [0.1, 0.15) is 0 Å². The number of nitrogens with zero attached hydrogens (tertiary/aromatic N) is 1. The zero-order valence-electron chi connectivity index (χ0n) is 13.0. The normalized spacial score (nSPS) is 27.0. The minimum absolute atomic E-state index is 0.143. The molecule has 2 rings (SSSR count). The molecule has 0 aromatic rings. The van der Waals surface area contributed by atoms with Crippen LogP contribution in [0.5, 0.6) is 0 Å². The summed E-state index contributed by atoms with van der Waals surface area (Å²) in [7, 11) is 1.58. The van der Waals surface area contributed by atoms with Crippen molar-refractivity contribution in [3.05, 3.63) is 0 Å². The Balaban J connectivity index is 1.96. The maximum atomic E-state index is 12.4. The minimum atomic E-state index is -0.820. The number of ether oxygens (including phenoxy) is 1. The molecule has 1 heterocycles. The van der Waals surface area contributed by atoms with E-state index in [0.717, 1.165) is 19.3 Å². The van der Waals surface area contributed by atoms with E-state index in [9.17, 15) is 14.7 Å². The Labute approximate surface area is 126 Å². The molecule has 1 N–H and O–H groups in total. The highest BCUT2D eigenvalue weighted by Gasteiger charge is 2.43. The van der Waals surface area contributed by atoms with Gasteiger partial charge in [0.25, 0.3) is 0 Å². The van der Waals surface area contributed by atoms with Crippen LogP contribution in [0.2, 0.25) is 0 Å². The Morgan fingerprint density at radius 2 is 2.00 bits per heavy atom. The summed E-state index contributed by atoms with van der Waals surface area (Å²) >= 11 is 0. The van der Waals surface area contributed by atoms with Crippen LogP contribution in [-0.2, 0) is 14.3 Å². The molecule has 21 heavy (non-hydrogen) atoms. The van der Waals surface area contributed by atoms with E-state index in [0.29, 0.717) is 44.9 Å². The fraction of sp³-hybridized carbons (Fsp3) is 0.875. The van der Waals surface area contributed by atoms with Gasteiger partial charge in [-0.2, -0.15) is 0 Å². The Morgan fingerprint density at radius 3 is 2.62 bits per heavy atom. The minimum Gasteiger partial charge on any atom is -0.481 e. The third kappa shape index (κ3) is 3.96. The number of carboxylic acids is 1. The predicted molar refractivity (Wildman–Crippen MR) is 79.0 cm³/mol. The first kappa shape index (κ1) is 16.3. The molecule has 5 nitrogen and oxygen atoms in total. The average molecular weight is 297 g/mol. The number of rotatable bonds is 6. The number of amides is 1. The molecule has 2 aliphatic rings. The second kappa shape index (κ2) is 7.25. The van der Waals surface area contributed by atoms with Crippen LogP contribution in [0.3, 0.4) is 0 Å². The largest absolute Gasteiger partial charge is 0.481 e. The van der Waals surface area contributed by atoms with Crippen LogP contribution in [0.15, 0.2) is 0 Å². The molecule has 1 atom stereocenters. The molecule has 5 heteroatoms. The second-order valence-corrected chi connectivity index (χ2v) is 6.60. The zero-order valence-corrected chi connectivity index (χ0v) is 13.0. The van der Waals surface area contributed by atoms with Gasteiger partial charge in [-0.25, -0.2) is 0 Å². The number of piperidine rings is 1. The van der Waals surface area contributed by atoms with Crippen LogP contribution in [0.1, 0.15) is 51.4 Å². The number of likely N-dealkylation sites (tertiary alicyclic amines) is 1. The van der Waals surface area contributed by atoms with Crippen LogP contribution in [0.25, 0.3) is 0 Å². The summed E-state index contributed by atoms with van der Waals surface area (Å²) in [6, 6.07) is 0. The maximum Gasteiger partial charge on any atom is 0.311 e. The Hall–Kier alpha value is -1.10. The van der Waals surface area contributed by atoms with Crippen LogP contribution in [-0.4, -0.2) is 48.7 Å². The molecule has 2 fully saturated rings. The average Bonchev–Trinajstić information content (AvgIpc) is 2.98. The molecule has 1 aliphatic heterocycles. The number of hydrogen-bond acceptors (Lipinski definition) is 3. The maximum absolute atomic E-state index is 12.4. The number of aliphatic carboxylic acids is 1. The van der Waals surface area contributed by atoms with E-state index >= 15 is 0 Å². The van der Waals surface area contributed by atoms with Crippen LogP contribution in [0, 0.1) is 11.3 Å². The van der Waals surface area contributed by atoms with Gasteiger partial charge in [-0.05, 0) is 38.0 Å². The summed E-state index contributed by atoms with van der Waals surface area (Å²) in [4.78, 5) is 25.9. The van der Waals surface area contributed by atoms with Gasteiger partial charge >= 0.3 is 5.97 Å². The topological polar surface area (TPSA) is 66.8 Å². The monoisotopic (exact) mass is 297 g/mol. The highest BCUT2D eigenvalue weighted by atomic mass is 16.5. The Morgan fingerprint density at radius 1 is 1.29 bits per heavy atom. The van der Waals surface area contributed by atoms with Gasteiger partial charge < -0.3 is 14.7 Å². The molecule has 0 unspecified atom stereocenters. The summed E-state index contributed by atoms with van der Waals surface area (Å²) in [6.07, 6.45) is 7.23. The van der Waals surface area contributed by atoms with E-state index in [4.69, 9.17) is 4.74 Å². The Bertz CT molecular complexity index is 378. The smallest absolute Gasteiger partial charge is 0.311 e. The third-order valence-electron chi connectivity index (χ3n) is 5.11. The first-order valence-electron chi connectivity index (χ1n) is 8.07. The van der Waals surface area contributed by atoms with Crippen molar-refractivity contribution >= 4 is 11.9 Å². The lowest BCUT2D eigenvalue weighted by molar-refractivity contribution is -0.156.